The molecule has 1 aliphatic carbocycles. The van der Waals surface area contributed by atoms with E-state index in [2.05, 4.69) is 54.8 Å². The highest BCUT2D eigenvalue weighted by Crippen LogP contribution is 2.33. The average Bonchev–Trinajstić information content (AvgIpc) is 2.97. The van der Waals surface area contributed by atoms with E-state index in [0.717, 1.165) is 6.54 Å². The van der Waals surface area contributed by atoms with Crippen LogP contribution in [0.4, 0.5) is 0 Å². The number of nitrogens with zero attached hydrogens (tertiary/aromatic N) is 2. The molecule has 0 radical (unpaired) electrons. The Bertz CT molecular complexity index is 573. The molecule has 3 nitrogen and oxygen atoms in total. The second-order valence-corrected chi connectivity index (χ2v) is 5.67. The van der Waals surface area contributed by atoms with E-state index in [9.17, 15) is 0 Å². The van der Waals surface area contributed by atoms with Gasteiger partial charge in [-0.3, -0.25) is 4.68 Å². The molecule has 0 fully saturated rings. The van der Waals surface area contributed by atoms with Crippen molar-refractivity contribution >= 4 is 0 Å². The Morgan fingerprint density at radius 3 is 2.85 bits per heavy atom. The molecule has 0 amide bonds. The Morgan fingerprint density at radius 2 is 2.15 bits per heavy atom. The molecule has 2 atom stereocenters. The minimum Gasteiger partial charge on any atom is -0.313 e. The van der Waals surface area contributed by atoms with Crippen LogP contribution < -0.4 is 5.32 Å². The molecular formula is C17H23N3. The smallest absolute Gasteiger partial charge is 0.0537 e. The summed E-state index contributed by atoms with van der Waals surface area (Å²) in [5.74, 6) is 0.657. The molecule has 2 aromatic rings. The van der Waals surface area contributed by atoms with Gasteiger partial charge in [0.1, 0.15) is 0 Å². The first-order valence-corrected chi connectivity index (χ1v) is 7.58. The molecule has 20 heavy (non-hydrogen) atoms. The van der Waals surface area contributed by atoms with Gasteiger partial charge in [0.2, 0.25) is 0 Å². The molecule has 3 rings (SSSR count). The third-order valence-electron chi connectivity index (χ3n) is 4.50. The van der Waals surface area contributed by atoms with Gasteiger partial charge in [-0.05, 0) is 50.3 Å². The van der Waals surface area contributed by atoms with Crippen molar-refractivity contribution in [1.29, 1.82) is 0 Å². The SMILES string of the molecule is CCn1cc(C(NC)C2CCc3ccccc3C2)cn1. The van der Waals surface area contributed by atoms with Gasteiger partial charge in [0, 0.05) is 24.3 Å². The minimum atomic E-state index is 0.406. The molecule has 2 unspecified atom stereocenters. The molecule has 1 heterocycles. The van der Waals surface area contributed by atoms with Crippen LogP contribution in [0, 0.1) is 5.92 Å². The van der Waals surface area contributed by atoms with E-state index in [1.54, 1.807) is 0 Å². The van der Waals surface area contributed by atoms with Gasteiger partial charge in [-0.25, -0.2) is 0 Å². The predicted molar refractivity (Wildman–Crippen MR) is 81.7 cm³/mol. The van der Waals surface area contributed by atoms with Gasteiger partial charge in [-0.15, -0.1) is 0 Å². The Morgan fingerprint density at radius 1 is 1.35 bits per heavy atom. The van der Waals surface area contributed by atoms with Gasteiger partial charge in [0.15, 0.2) is 0 Å². The van der Waals surface area contributed by atoms with Crippen LogP contribution >= 0.6 is 0 Å². The van der Waals surface area contributed by atoms with Crippen LogP contribution in [0.15, 0.2) is 36.7 Å². The zero-order chi connectivity index (χ0) is 13.9. The molecule has 3 heteroatoms. The molecule has 1 aromatic heterocycles. The Hall–Kier alpha value is -1.61. The molecule has 106 valence electrons. The van der Waals surface area contributed by atoms with Gasteiger partial charge in [-0.2, -0.15) is 5.10 Å². The fraction of sp³-hybridized carbons (Fsp3) is 0.471. The highest BCUT2D eigenvalue weighted by molar-refractivity contribution is 5.30. The van der Waals surface area contributed by atoms with E-state index in [1.807, 2.05) is 10.9 Å². The maximum atomic E-state index is 4.42. The Balaban J connectivity index is 1.81. The Labute approximate surface area is 121 Å². The van der Waals surface area contributed by atoms with Gasteiger partial charge in [-0.1, -0.05) is 24.3 Å². The van der Waals surface area contributed by atoms with Crippen LogP contribution in [-0.4, -0.2) is 16.8 Å². The third kappa shape index (κ3) is 2.50. The van der Waals surface area contributed by atoms with Crippen molar-refractivity contribution in [1.82, 2.24) is 15.1 Å². The molecular weight excluding hydrogens is 246 g/mol. The maximum absolute atomic E-state index is 4.42. The molecule has 0 saturated carbocycles. The van der Waals surface area contributed by atoms with Gasteiger partial charge >= 0.3 is 0 Å². The minimum absolute atomic E-state index is 0.406. The third-order valence-corrected chi connectivity index (χ3v) is 4.50. The lowest BCUT2D eigenvalue weighted by Gasteiger charge is -2.31. The first kappa shape index (κ1) is 13.4. The van der Waals surface area contributed by atoms with Crippen molar-refractivity contribution in [3.8, 4) is 0 Å². The van der Waals surface area contributed by atoms with Crippen molar-refractivity contribution in [2.45, 2.75) is 38.8 Å². The van der Waals surface area contributed by atoms with E-state index in [0.29, 0.717) is 12.0 Å². The second kappa shape index (κ2) is 5.80. The number of nitrogens with one attached hydrogen (secondary N) is 1. The van der Waals surface area contributed by atoms with Crippen LogP contribution in [0.2, 0.25) is 0 Å². The fourth-order valence-electron chi connectivity index (χ4n) is 3.40. The van der Waals surface area contributed by atoms with E-state index in [-0.39, 0.29) is 0 Å². The monoisotopic (exact) mass is 269 g/mol. The zero-order valence-electron chi connectivity index (χ0n) is 12.3. The number of benzene rings is 1. The van der Waals surface area contributed by atoms with Crippen LogP contribution in [0.3, 0.4) is 0 Å². The normalized spacial score (nSPS) is 19.6. The summed E-state index contributed by atoms with van der Waals surface area (Å²) in [5.41, 5.74) is 4.37. The highest BCUT2D eigenvalue weighted by Gasteiger charge is 2.27. The molecule has 0 bridgehead atoms. The maximum Gasteiger partial charge on any atom is 0.0537 e. The van der Waals surface area contributed by atoms with Crippen LogP contribution in [0.5, 0.6) is 0 Å². The molecule has 1 N–H and O–H groups in total. The summed E-state index contributed by atoms with van der Waals surface area (Å²) < 4.78 is 2.01. The van der Waals surface area contributed by atoms with Crippen LogP contribution in [-0.2, 0) is 19.4 Å². The fourth-order valence-corrected chi connectivity index (χ4v) is 3.40. The number of aromatic nitrogens is 2. The predicted octanol–water partition coefficient (Wildman–Crippen LogP) is 2.97. The molecule has 1 aromatic carbocycles. The highest BCUT2D eigenvalue weighted by atomic mass is 15.3. The second-order valence-electron chi connectivity index (χ2n) is 5.67. The van der Waals surface area contributed by atoms with E-state index >= 15 is 0 Å². The summed E-state index contributed by atoms with van der Waals surface area (Å²) in [6, 6.07) is 9.27. The summed E-state index contributed by atoms with van der Waals surface area (Å²) >= 11 is 0. The number of hydrogen-bond donors (Lipinski definition) is 1. The topological polar surface area (TPSA) is 29.9 Å². The standard InChI is InChI=1S/C17H23N3/c1-3-20-12-16(11-19-20)17(18-2)15-9-8-13-6-4-5-7-14(13)10-15/h4-7,11-12,15,17-18H,3,8-10H2,1-2H3. The summed E-state index contributed by atoms with van der Waals surface area (Å²) in [4.78, 5) is 0. The zero-order valence-corrected chi connectivity index (χ0v) is 12.3. The first-order chi connectivity index (χ1) is 9.81. The van der Waals surface area contributed by atoms with Gasteiger partial charge < -0.3 is 5.32 Å². The lowest BCUT2D eigenvalue weighted by Crippen LogP contribution is -2.29. The molecule has 0 aliphatic heterocycles. The van der Waals surface area contributed by atoms with E-state index in [4.69, 9.17) is 0 Å². The summed E-state index contributed by atoms with van der Waals surface area (Å²) in [6.45, 7) is 3.06. The lowest BCUT2D eigenvalue weighted by atomic mass is 9.78. The summed E-state index contributed by atoms with van der Waals surface area (Å²) in [7, 11) is 2.06. The van der Waals surface area contributed by atoms with Gasteiger partial charge in [0.25, 0.3) is 0 Å². The lowest BCUT2D eigenvalue weighted by molar-refractivity contribution is 0.342. The van der Waals surface area contributed by atoms with E-state index in [1.165, 1.54) is 36.0 Å². The van der Waals surface area contributed by atoms with Crippen LogP contribution in [0.1, 0.15) is 36.1 Å². The van der Waals surface area contributed by atoms with E-state index < -0.39 is 0 Å². The van der Waals surface area contributed by atoms with Crippen molar-refractivity contribution in [2.24, 2.45) is 5.92 Å². The van der Waals surface area contributed by atoms with Crippen molar-refractivity contribution in [2.75, 3.05) is 7.05 Å². The average molecular weight is 269 g/mol. The first-order valence-electron chi connectivity index (χ1n) is 7.58. The summed E-state index contributed by atoms with van der Waals surface area (Å²) in [5, 5.41) is 7.92. The molecule has 0 saturated heterocycles. The molecule has 0 spiro atoms. The van der Waals surface area contributed by atoms with Crippen molar-refractivity contribution in [3.63, 3.8) is 0 Å². The number of rotatable bonds is 4. The number of fused-ring (bicyclic) bond motifs is 1. The van der Waals surface area contributed by atoms with Gasteiger partial charge in [0.05, 0.1) is 6.20 Å². The quantitative estimate of drug-likeness (QED) is 0.925. The largest absolute Gasteiger partial charge is 0.313 e. The number of aryl methyl sites for hydroxylation is 2. The van der Waals surface area contributed by atoms with Crippen molar-refractivity contribution < 1.29 is 0 Å². The van der Waals surface area contributed by atoms with Crippen molar-refractivity contribution in [3.05, 3.63) is 53.3 Å². The Kier molecular flexibility index (Phi) is 3.88. The number of hydrogen-bond acceptors (Lipinski definition) is 2. The molecule has 1 aliphatic rings. The van der Waals surface area contributed by atoms with Crippen LogP contribution in [0.25, 0.3) is 0 Å². The summed E-state index contributed by atoms with van der Waals surface area (Å²) in [6.07, 6.45) is 7.81.